The first-order valence-electron chi connectivity index (χ1n) is 10.2. The summed E-state index contributed by atoms with van der Waals surface area (Å²) in [6.45, 7) is 0.384. The summed E-state index contributed by atoms with van der Waals surface area (Å²) < 4.78 is 24.0. The molecule has 1 saturated heterocycles. The minimum atomic E-state index is -0.637. The molecule has 3 rings (SSSR count). The molecule has 10 nitrogen and oxygen atoms in total. The lowest BCUT2D eigenvalue weighted by atomic mass is 10.1. The molecule has 0 unspecified atom stereocenters. The third kappa shape index (κ3) is 7.44. The minimum Gasteiger partial charge on any atom is -0.484 e. The monoisotopic (exact) mass is 514 g/mol. The summed E-state index contributed by atoms with van der Waals surface area (Å²) in [5.74, 6) is -1.05. The fraction of sp³-hybridized carbons (Fsp3) is 0.333. The molecule has 2 aromatic rings. The Morgan fingerprint density at radius 2 is 1.62 bits per heavy atom. The number of carbonyl (C=O) groups excluding carboxylic acids is 2. The summed E-state index contributed by atoms with van der Waals surface area (Å²) in [5, 5.41) is 15.4. The molecule has 0 radical (unpaired) electrons. The van der Waals surface area contributed by atoms with Gasteiger partial charge in [-0.2, -0.15) is 0 Å². The van der Waals surface area contributed by atoms with Crippen LogP contribution in [0.4, 0.5) is 10.1 Å². The van der Waals surface area contributed by atoms with Gasteiger partial charge in [-0.1, -0.05) is 23.2 Å². The topological polar surface area (TPSA) is 123 Å². The molecule has 2 aromatic carbocycles. The van der Waals surface area contributed by atoms with Crippen molar-refractivity contribution in [3.05, 3.63) is 62.4 Å². The molecule has 0 bridgehead atoms. The highest BCUT2D eigenvalue weighted by Gasteiger charge is 2.22. The Balaban J connectivity index is 1.35. The van der Waals surface area contributed by atoms with Crippen molar-refractivity contribution in [1.29, 1.82) is 0 Å². The molecule has 182 valence electrons. The van der Waals surface area contributed by atoms with E-state index in [2.05, 4.69) is 10.7 Å². The van der Waals surface area contributed by atoms with Crippen molar-refractivity contribution in [3.8, 4) is 11.5 Å². The zero-order valence-electron chi connectivity index (χ0n) is 17.8. The van der Waals surface area contributed by atoms with Crippen LogP contribution in [0.15, 0.2) is 36.4 Å². The van der Waals surface area contributed by atoms with E-state index in [0.717, 1.165) is 12.1 Å². The number of rotatable bonds is 9. The number of nitro groups is 1. The van der Waals surface area contributed by atoms with Gasteiger partial charge < -0.3 is 14.8 Å². The van der Waals surface area contributed by atoms with Crippen molar-refractivity contribution >= 4 is 40.7 Å². The quantitative estimate of drug-likeness (QED) is 0.389. The highest BCUT2D eigenvalue weighted by molar-refractivity contribution is 6.32. The van der Waals surface area contributed by atoms with Gasteiger partial charge in [0.15, 0.2) is 13.2 Å². The predicted molar refractivity (Wildman–Crippen MR) is 121 cm³/mol. The number of nitrogens with one attached hydrogen (secondary N) is 2. The second-order valence-corrected chi connectivity index (χ2v) is 8.20. The first kappa shape index (κ1) is 25.5. The lowest BCUT2D eigenvalue weighted by Crippen LogP contribution is -2.52. The molecule has 1 fully saturated rings. The normalized spacial score (nSPS) is 14.3. The van der Waals surface area contributed by atoms with Gasteiger partial charge in [-0.15, -0.1) is 0 Å². The van der Waals surface area contributed by atoms with E-state index in [1.54, 1.807) is 5.01 Å². The average Bonchev–Trinajstić information content (AvgIpc) is 2.80. The van der Waals surface area contributed by atoms with Gasteiger partial charge in [0.25, 0.3) is 17.5 Å². The number of halogens is 3. The van der Waals surface area contributed by atoms with Gasteiger partial charge in [0.1, 0.15) is 22.3 Å². The van der Waals surface area contributed by atoms with Crippen molar-refractivity contribution in [3.63, 3.8) is 0 Å². The van der Waals surface area contributed by atoms with Gasteiger partial charge in [0, 0.05) is 25.2 Å². The molecule has 13 heteroatoms. The van der Waals surface area contributed by atoms with Gasteiger partial charge >= 0.3 is 0 Å². The van der Waals surface area contributed by atoms with E-state index >= 15 is 0 Å². The highest BCUT2D eigenvalue weighted by Crippen LogP contribution is 2.28. The van der Waals surface area contributed by atoms with Crippen LogP contribution in [0.5, 0.6) is 11.5 Å². The van der Waals surface area contributed by atoms with E-state index in [9.17, 15) is 24.1 Å². The molecule has 1 aliphatic heterocycles. The largest absolute Gasteiger partial charge is 0.484 e. The maximum atomic E-state index is 13.4. The summed E-state index contributed by atoms with van der Waals surface area (Å²) in [7, 11) is 0. The molecule has 0 aromatic heterocycles. The zero-order chi connectivity index (χ0) is 24.7. The van der Waals surface area contributed by atoms with Crippen LogP contribution in [0.25, 0.3) is 0 Å². The number of carbonyl (C=O) groups is 2. The summed E-state index contributed by atoms with van der Waals surface area (Å²) in [4.78, 5) is 34.5. The van der Waals surface area contributed by atoms with Crippen LogP contribution < -0.4 is 20.2 Å². The fourth-order valence-electron chi connectivity index (χ4n) is 3.20. The van der Waals surface area contributed by atoms with Crippen LogP contribution in [0.3, 0.4) is 0 Å². The van der Waals surface area contributed by atoms with E-state index < -0.39 is 16.6 Å². The van der Waals surface area contributed by atoms with Crippen molar-refractivity contribution in [2.75, 3.05) is 26.3 Å². The lowest BCUT2D eigenvalue weighted by Gasteiger charge is -2.32. The maximum absolute atomic E-state index is 13.4. The number of hydrogen-bond donors (Lipinski definition) is 2. The third-order valence-electron chi connectivity index (χ3n) is 4.89. The highest BCUT2D eigenvalue weighted by atomic mass is 35.5. The fourth-order valence-corrected chi connectivity index (χ4v) is 3.50. The molecule has 0 aliphatic carbocycles. The third-order valence-corrected chi connectivity index (χ3v) is 5.51. The molecule has 1 heterocycles. The molecule has 0 saturated carbocycles. The second kappa shape index (κ2) is 11.8. The summed E-state index contributed by atoms with van der Waals surface area (Å²) in [5.41, 5.74) is 2.38. The van der Waals surface area contributed by atoms with Gasteiger partial charge in [0.2, 0.25) is 0 Å². The first-order valence-corrected chi connectivity index (χ1v) is 10.9. The molecular weight excluding hydrogens is 494 g/mol. The van der Waals surface area contributed by atoms with E-state index in [1.165, 1.54) is 24.3 Å². The maximum Gasteiger partial charge on any atom is 0.291 e. The van der Waals surface area contributed by atoms with Crippen molar-refractivity contribution in [2.24, 2.45) is 0 Å². The Kier molecular flexibility index (Phi) is 8.85. The molecule has 0 spiro atoms. The number of ether oxygens (including phenoxy) is 2. The first-order chi connectivity index (χ1) is 16.2. The van der Waals surface area contributed by atoms with E-state index in [0.29, 0.717) is 25.9 Å². The zero-order valence-corrected chi connectivity index (χ0v) is 19.3. The smallest absolute Gasteiger partial charge is 0.291 e. The predicted octanol–water partition coefficient (Wildman–Crippen LogP) is 3.11. The van der Waals surface area contributed by atoms with Crippen LogP contribution in [0.1, 0.15) is 12.8 Å². The Morgan fingerprint density at radius 1 is 1.03 bits per heavy atom. The number of nitro benzene ring substituents is 1. The molecular formula is C21H21Cl2FN4O6. The Morgan fingerprint density at radius 3 is 2.24 bits per heavy atom. The molecule has 34 heavy (non-hydrogen) atoms. The molecule has 2 N–H and O–H groups in total. The standard InChI is InChI=1S/C21H21Cl2FN4O6/c22-16-3-1-14(9-18(16)24)33-11-20(29)25-13-5-7-27(8-6-13)26-21(30)12-34-15-2-4-17(23)19(10-15)28(31)32/h1-4,9-10,13H,5-8,11-12H2,(H,25,29)(H,26,30). The van der Waals surface area contributed by atoms with Gasteiger partial charge in [-0.3, -0.25) is 25.1 Å². The van der Waals surface area contributed by atoms with Crippen LogP contribution in [-0.4, -0.2) is 54.1 Å². The summed E-state index contributed by atoms with van der Waals surface area (Å²) in [6.07, 6.45) is 1.18. The summed E-state index contributed by atoms with van der Waals surface area (Å²) >= 11 is 11.4. The second-order valence-electron chi connectivity index (χ2n) is 7.39. The Labute approximate surface area is 204 Å². The van der Waals surface area contributed by atoms with Crippen molar-refractivity contribution < 1.29 is 28.4 Å². The average molecular weight is 515 g/mol. The summed E-state index contributed by atoms with van der Waals surface area (Å²) in [6, 6.07) is 7.73. The molecule has 2 amide bonds. The van der Waals surface area contributed by atoms with Crippen LogP contribution in [0.2, 0.25) is 10.0 Å². The number of amides is 2. The Bertz CT molecular complexity index is 1070. The van der Waals surface area contributed by atoms with E-state index in [4.69, 9.17) is 32.7 Å². The molecule has 1 aliphatic rings. The number of hydrogen-bond acceptors (Lipinski definition) is 7. The lowest BCUT2D eigenvalue weighted by molar-refractivity contribution is -0.384. The van der Waals surface area contributed by atoms with Crippen LogP contribution >= 0.6 is 23.2 Å². The number of nitrogens with zero attached hydrogens (tertiary/aromatic N) is 2. The molecule has 0 atom stereocenters. The van der Waals surface area contributed by atoms with E-state index in [1.807, 2.05) is 0 Å². The number of hydrazine groups is 1. The van der Waals surface area contributed by atoms with Crippen LogP contribution in [-0.2, 0) is 9.59 Å². The number of piperidine rings is 1. The number of benzene rings is 2. The van der Waals surface area contributed by atoms with Crippen molar-refractivity contribution in [1.82, 2.24) is 15.8 Å². The van der Waals surface area contributed by atoms with Gasteiger partial charge in [-0.25, -0.2) is 9.40 Å². The van der Waals surface area contributed by atoms with Crippen LogP contribution in [0, 0.1) is 15.9 Å². The van der Waals surface area contributed by atoms with Gasteiger partial charge in [0.05, 0.1) is 16.0 Å². The van der Waals surface area contributed by atoms with Gasteiger partial charge in [-0.05, 0) is 37.1 Å². The minimum absolute atomic E-state index is 0.0257. The Hall–Kier alpha value is -3.15. The SMILES string of the molecule is O=C(COc1ccc(Cl)c(F)c1)NC1CCN(NC(=O)COc2ccc(Cl)c([N+](=O)[O-])c2)CC1. The van der Waals surface area contributed by atoms with Crippen molar-refractivity contribution in [2.45, 2.75) is 18.9 Å². The van der Waals surface area contributed by atoms with E-state index in [-0.39, 0.29) is 52.4 Å².